The van der Waals surface area contributed by atoms with Crippen LogP contribution in [0.3, 0.4) is 0 Å². The highest BCUT2D eigenvalue weighted by molar-refractivity contribution is 5.82. The molecule has 5 heteroatoms. The fourth-order valence-electron chi connectivity index (χ4n) is 1.79. The summed E-state index contributed by atoms with van der Waals surface area (Å²) in [5, 5.41) is 16.0. The maximum Gasteiger partial charge on any atom is 0.375 e. The lowest BCUT2D eigenvalue weighted by atomic mass is 10.1. The third-order valence-corrected chi connectivity index (χ3v) is 2.54. The molecule has 1 aromatic rings. The number of rotatable bonds is 2. The van der Waals surface area contributed by atoms with Crippen molar-refractivity contribution in [3.63, 3.8) is 0 Å². The number of carboxylic acid groups (broad SMARTS) is 1. The van der Waals surface area contributed by atoms with E-state index in [9.17, 15) is 4.79 Å². The molecule has 0 saturated heterocycles. The van der Waals surface area contributed by atoms with Crippen LogP contribution in [0.1, 0.15) is 47.9 Å². The first-order valence-electron chi connectivity index (χ1n) is 4.70. The Balaban J connectivity index is 2.16. The molecule has 14 heavy (non-hydrogen) atoms. The number of aromatic carboxylic acids is 1. The van der Waals surface area contributed by atoms with Gasteiger partial charge in [0.15, 0.2) is 0 Å². The molecule has 0 bridgehead atoms. The summed E-state index contributed by atoms with van der Waals surface area (Å²) in [5.41, 5.74) is 0.826. The summed E-state index contributed by atoms with van der Waals surface area (Å²) in [7, 11) is 0. The highest BCUT2D eigenvalue weighted by Crippen LogP contribution is 2.32. The first-order chi connectivity index (χ1) is 6.77. The molecule has 0 aliphatic heterocycles. The van der Waals surface area contributed by atoms with Gasteiger partial charge in [-0.15, -0.1) is 5.10 Å². The summed E-state index contributed by atoms with van der Waals surface area (Å²) in [5.74, 6) is -0.930. The molecule has 2 rings (SSSR count). The zero-order valence-corrected chi connectivity index (χ0v) is 7.68. The van der Waals surface area contributed by atoms with E-state index in [0.29, 0.717) is 5.92 Å². The predicted octanol–water partition coefficient (Wildman–Crippen LogP) is 1.23. The highest BCUT2D eigenvalue weighted by atomic mass is 16.4. The average molecular weight is 193 g/mol. The maximum atomic E-state index is 10.5. The van der Waals surface area contributed by atoms with E-state index in [2.05, 4.69) is 15.2 Å². The van der Waals surface area contributed by atoms with Crippen molar-refractivity contribution in [3.8, 4) is 0 Å². The number of hydrogen-bond acceptors (Lipinski definition) is 4. The van der Waals surface area contributed by atoms with Crippen molar-refractivity contribution in [2.45, 2.75) is 31.6 Å². The van der Waals surface area contributed by atoms with Gasteiger partial charge in [0.25, 0.3) is 5.82 Å². The monoisotopic (exact) mass is 193 g/mol. The average Bonchev–Trinajstić information content (AvgIpc) is 2.71. The van der Waals surface area contributed by atoms with E-state index >= 15 is 0 Å². The Morgan fingerprint density at radius 1 is 1.36 bits per heavy atom. The van der Waals surface area contributed by atoms with Crippen LogP contribution in [0.25, 0.3) is 0 Å². The molecule has 0 radical (unpaired) electrons. The van der Waals surface area contributed by atoms with Crippen LogP contribution in [0, 0.1) is 0 Å². The van der Waals surface area contributed by atoms with Gasteiger partial charge < -0.3 is 5.11 Å². The molecule has 1 aromatic heterocycles. The minimum Gasteiger partial charge on any atom is -0.475 e. The lowest BCUT2D eigenvalue weighted by Gasteiger charge is -2.05. The molecule has 1 fully saturated rings. The van der Waals surface area contributed by atoms with Gasteiger partial charge in [0.2, 0.25) is 0 Å². The number of carbonyl (C=O) groups is 1. The van der Waals surface area contributed by atoms with Gasteiger partial charge in [0.1, 0.15) is 0 Å². The topological polar surface area (TPSA) is 76.0 Å². The summed E-state index contributed by atoms with van der Waals surface area (Å²) < 4.78 is 0. The molecule has 0 unspecified atom stereocenters. The summed E-state index contributed by atoms with van der Waals surface area (Å²) in [6.45, 7) is 0. The van der Waals surface area contributed by atoms with E-state index in [4.69, 9.17) is 5.11 Å². The molecular weight excluding hydrogens is 182 g/mol. The minimum absolute atomic E-state index is 0.230. The Morgan fingerprint density at radius 2 is 2.07 bits per heavy atom. The second-order valence-electron chi connectivity index (χ2n) is 3.49. The molecule has 1 N–H and O–H groups in total. The Morgan fingerprint density at radius 3 is 2.57 bits per heavy atom. The molecule has 1 heterocycles. The van der Waals surface area contributed by atoms with Crippen molar-refractivity contribution in [3.05, 3.63) is 17.7 Å². The molecule has 0 atom stereocenters. The summed E-state index contributed by atoms with van der Waals surface area (Å²) in [6.07, 6.45) is 6.19. The first-order valence-corrected chi connectivity index (χ1v) is 4.70. The Labute approximate surface area is 81.2 Å². The lowest BCUT2D eigenvalue weighted by Crippen LogP contribution is -2.08. The molecule has 1 aliphatic rings. The largest absolute Gasteiger partial charge is 0.475 e. The van der Waals surface area contributed by atoms with Crippen LogP contribution in [0.15, 0.2) is 6.20 Å². The van der Waals surface area contributed by atoms with Crippen molar-refractivity contribution in [1.82, 2.24) is 15.2 Å². The molecule has 0 aromatic carbocycles. The minimum atomic E-state index is -1.13. The smallest absolute Gasteiger partial charge is 0.375 e. The first kappa shape index (κ1) is 9.05. The van der Waals surface area contributed by atoms with Crippen LogP contribution >= 0.6 is 0 Å². The van der Waals surface area contributed by atoms with Crippen molar-refractivity contribution in [2.75, 3.05) is 0 Å². The van der Waals surface area contributed by atoms with Crippen molar-refractivity contribution in [1.29, 1.82) is 0 Å². The van der Waals surface area contributed by atoms with Crippen LogP contribution in [0.4, 0.5) is 0 Å². The maximum absolute atomic E-state index is 10.5. The van der Waals surface area contributed by atoms with Crippen LogP contribution < -0.4 is 0 Å². The van der Waals surface area contributed by atoms with Gasteiger partial charge in [-0.2, -0.15) is 5.10 Å². The van der Waals surface area contributed by atoms with Crippen molar-refractivity contribution >= 4 is 5.97 Å². The standard InChI is InChI=1S/C9H11N3O2/c13-9(14)8-10-5-7(11-12-8)6-3-1-2-4-6/h5-6H,1-4H2,(H,13,14). The molecule has 1 saturated carbocycles. The van der Waals surface area contributed by atoms with Gasteiger partial charge in [0.05, 0.1) is 11.9 Å². The van der Waals surface area contributed by atoms with Gasteiger partial charge in [-0.3, -0.25) is 0 Å². The van der Waals surface area contributed by atoms with E-state index in [1.54, 1.807) is 0 Å². The number of nitrogens with zero attached hydrogens (tertiary/aromatic N) is 3. The zero-order valence-electron chi connectivity index (χ0n) is 7.68. The van der Waals surface area contributed by atoms with Crippen LogP contribution in [-0.2, 0) is 0 Å². The fourth-order valence-corrected chi connectivity index (χ4v) is 1.79. The van der Waals surface area contributed by atoms with E-state index in [-0.39, 0.29) is 5.82 Å². The van der Waals surface area contributed by atoms with E-state index in [1.807, 2.05) is 0 Å². The molecule has 0 spiro atoms. The van der Waals surface area contributed by atoms with Crippen LogP contribution in [-0.4, -0.2) is 26.3 Å². The summed E-state index contributed by atoms with van der Waals surface area (Å²) >= 11 is 0. The van der Waals surface area contributed by atoms with Gasteiger partial charge >= 0.3 is 5.97 Å². The summed E-state index contributed by atoms with van der Waals surface area (Å²) in [6, 6.07) is 0. The van der Waals surface area contributed by atoms with E-state index in [0.717, 1.165) is 18.5 Å². The summed E-state index contributed by atoms with van der Waals surface area (Å²) in [4.78, 5) is 14.2. The van der Waals surface area contributed by atoms with E-state index < -0.39 is 5.97 Å². The third-order valence-electron chi connectivity index (χ3n) is 2.54. The Bertz CT molecular complexity index is 330. The fraction of sp³-hybridized carbons (Fsp3) is 0.556. The van der Waals surface area contributed by atoms with Gasteiger partial charge in [0, 0.05) is 5.92 Å². The Kier molecular flexibility index (Phi) is 2.39. The van der Waals surface area contributed by atoms with E-state index in [1.165, 1.54) is 19.0 Å². The van der Waals surface area contributed by atoms with Gasteiger partial charge in [-0.25, -0.2) is 9.78 Å². The van der Waals surface area contributed by atoms with Gasteiger partial charge in [-0.1, -0.05) is 12.8 Å². The lowest BCUT2D eigenvalue weighted by molar-refractivity contribution is 0.0681. The third kappa shape index (κ3) is 1.71. The number of aromatic nitrogens is 3. The quantitative estimate of drug-likeness (QED) is 0.764. The number of carboxylic acids is 1. The molecule has 0 amide bonds. The normalized spacial score (nSPS) is 17.1. The second kappa shape index (κ2) is 3.69. The predicted molar refractivity (Wildman–Crippen MR) is 48.0 cm³/mol. The zero-order chi connectivity index (χ0) is 9.97. The van der Waals surface area contributed by atoms with Gasteiger partial charge in [-0.05, 0) is 12.8 Å². The SMILES string of the molecule is O=C(O)c1ncc(C2CCCC2)nn1. The van der Waals surface area contributed by atoms with Crippen LogP contribution in [0.2, 0.25) is 0 Å². The Hall–Kier alpha value is -1.52. The molecule has 1 aliphatic carbocycles. The van der Waals surface area contributed by atoms with Crippen LogP contribution in [0.5, 0.6) is 0 Å². The number of hydrogen-bond donors (Lipinski definition) is 1. The molecular formula is C9H11N3O2. The second-order valence-corrected chi connectivity index (χ2v) is 3.49. The highest BCUT2D eigenvalue weighted by Gasteiger charge is 2.19. The molecule has 74 valence electrons. The van der Waals surface area contributed by atoms with Crippen molar-refractivity contribution < 1.29 is 9.90 Å². The van der Waals surface area contributed by atoms with Crippen molar-refractivity contribution in [2.24, 2.45) is 0 Å². The molecule has 5 nitrogen and oxygen atoms in total.